The predicted molar refractivity (Wildman–Crippen MR) is 98.6 cm³/mol. The molecule has 144 valence electrons. The molecule has 9 nitrogen and oxygen atoms in total. The second kappa shape index (κ2) is 5.68. The lowest BCUT2D eigenvalue weighted by atomic mass is 10.1. The van der Waals surface area contributed by atoms with Crippen molar-refractivity contribution in [1.82, 2.24) is 25.2 Å². The lowest BCUT2D eigenvalue weighted by Gasteiger charge is -2.42. The van der Waals surface area contributed by atoms with Crippen molar-refractivity contribution in [2.24, 2.45) is 10.9 Å². The van der Waals surface area contributed by atoms with E-state index in [9.17, 15) is 4.48 Å². The van der Waals surface area contributed by atoms with Gasteiger partial charge in [-0.3, -0.25) is 0 Å². The second-order valence-corrected chi connectivity index (χ2v) is 7.36. The van der Waals surface area contributed by atoms with E-state index < -0.39 is 0 Å². The van der Waals surface area contributed by atoms with Crippen molar-refractivity contribution in [3.63, 3.8) is 0 Å². The maximum Gasteiger partial charge on any atom is 0.173 e. The standard InChI is InChI=1S/C18H19FN8O/c1-28-17(12-6-7-12)15-8-21-22-27(15)25-10-20-18-13-4-2-3-5-14(13)24-11-23(19)9-16(24)26(18)25/h2-5,8-10,12,17-18H,6-7,11H2,1H3. The van der Waals surface area contributed by atoms with E-state index in [4.69, 9.17) is 9.73 Å². The van der Waals surface area contributed by atoms with Crippen molar-refractivity contribution in [2.45, 2.75) is 25.1 Å². The number of fused-ring (bicyclic) bond motifs is 6. The smallest absolute Gasteiger partial charge is 0.173 e. The largest absolute Gasteiger partial charge is 0.375 e. The number of hydrogen-bond donors (Lipinski definition) is 0. The van der Waals surface area contributed by atoms with Gasteiger partial charge in [0.15, 0.2) is 12.0 Å². The van der Waals surface area contributed by atoms with Crippen molar-refractivity contribution in [3.05, 3.63) is 53.7 Å². The average Bonchev–Trinajstić information content (AvgIpc) is 3.11. The van der Waals surface area contributed by atoms with E-state index in [1.807, 2.05) is 34.2 Å². The van der Waals surface area contributed by atoms with Gasteiger partial charge in [0, 0.05) is 12.7 Å². The first-order valence-corrected chi connectivity index (χ1v) is 9.32. The molecule has 0 N–H and O–H groups in total. The number of nitrogens with zero attached hydrogens (tertiary/aromatic N) is 8. The van der Waals surface area contributed by atoms with Crippen LogP contribution in [0.25, 0.3) is 0 Å². The Kier molecular flexibility index (Phi) is 3.22. The molecule has 0 amide bonds. The number of rotatable bonds is 4. The molecule has 0 spiro atoms. The maximum absolute atomic E-state index is 14.2. The number of benzene rings is 1. The summed E-state index contributed by atoms with van der Waals surface area (Å²) in [6.45, 7) is 0.135. The summed E-state index contributed by atoms with van der Waals surface area (Å²) in [4.78, 5) is 8.33. The summed E-state index contributed by atoms with van der Waals surface area (Å²) in [5, 5.41) is 12.8. The van der Waals surface area contributed by atoms with Crippen LogP contribution >= 0.6 is 0 Å². The Morgan fingerprint density at radius 1 is 1.25 bits per heavy atom. The third kappa shape index (κ3) is 2.12. The van der Waals surface area contributed by atoms with Gasteiger partial charge in [-0.2, -0.15) is 10.2 Å². The fraction of sp³-hybridized carbons (Fsp3) is 0.389. The first kappa shape index (κ1) is 15.9. The van der Waals surface area contributed by atoms with E-state index in [2.05, 4.69) is 10.3 Å². The van der Waals surface area contributed by atoms with Crippen LogP contribution in [0.2, 0.25) is 0 Å². The summed E-state index contributed by atoms with van der Waals surface area (Å²) >= 11 is 0. The van der Waals surface area contributed by atoms with Crippen LogP contribution in [-0.2, 0) is 4.74 Å². The average molecular weight is 382 g/mol. The van der Waals surface area contributed by atoms with Gasteiger partial charge in [0.25, 0.3) is 0 Å². The second-order valence-electron chi connectivity index (χ2n) is 7.36. The molecule has 28 heavy (non-hydrogen) atoms. The molecule has 6 rings (SSSR count). The molecule has 1 saturated carbocycles. The monoisotopic (exact) mass is 382 g/mol. The van der Waals surface area contributed by atoms with Gasteiger partial charge in [0.1, 0.15) is 24.8 Å². The third-order valence-electron chi connectivity index (χ3n) is 5.66. The molecule has 1 aromatic heterocycles. The summed E-state index contributed by atoms with van der Waals surface area (Å²) in [6.07, 6.45) is 6.82. The molecule has 0 saturated heterocycles. The van der Waals surface area contributed by atoms with Crippen LogP contribution in [-0.4, -0.2) is 45.4 Å². The molecule has 10 heteroatoms. The molecule has 1 aliphatic carbocycles. The normalized spacial score (nSPS) is 23.6. The van der Waals surface area contributed by atoms with Crippen LogP contribution in [0.5, 0.6) is 0 Å². The number of hydrazine groups is 1. The number of ether oxygens (including phenoxy) is 1. The van der Waals surface area contributed by atoms with Gasteiger partial charge in [0.2, 0.25) is 0 Å². The van der Waals surface area contributed by atoms with Gasteiger partial charge in [-0.1, -0.05) is 22.7 Å². The molecule has 2 unspecified atom stereocenters. The van der Waals surface area contributed by atoms with Crippen LogP contribution in [0.4, 0.5) is 10.2 Å². The minimum Gasteiger partial charge on any atom is -0.375 e. The van der Waals surface area contributed by atoms with Crippen LogP contribution in [0.15, 0.2) is 47.5 Å². The molecular weight excluding hydrogens is 363 g/mol. The lowest BCUT2D eigenvalue weighted by Crippen LogP contribution is -2.52. The van der Waals surface area contributed by atoms with E-state index in [0.29, 0.717) is 16.9 Å². The SMILES string of the molecule is COC(c1cnnn1N1C=NC2c3ccccc3N3CN(F)C=C3N21)C1CC1. The summed E-state index contributed by atoms with van der Waals surface area (Å²) < 4.78 is 19.9. The number of methoxy groups -OCH3 is 1. The molecule has 0 radical (unpaired) electrons. The van der Waals surface area contributed by atoms with E-state index in [0.717, 1.165) is 29.8 Å². The van der Waals surface area contributed by atoms with Crippen molar-refractivity contribution in [1.29, 1.82) is 0 Å². The van der Waals surface area contributed by atoms with E-state index in [1.165, 1.54) is 6.20 Å². The number of halogens is 1. The Morgan fingerprint density at radius 2 is 2.11 bits per heavy atom. The highest BCUT2D eigenvalue weighted by Crippen LogP contribution is 2.46. The van der Waals surface area contributed by atoms with Crippen molar-refractivity contribution in [3.8, 4) is 0 Å². The summed E-state index contributed by atoms with van der Waals surface area (Å²) in [6, 6.07) is 7.95. The van der Waals surface area contributed by atoms with Crippen LogP contribution in [0, 0.1) is 5.92 Å². The molecule has 2 aromatic rings. The predicted octanol–water partition coefficient (Wildman–Crippen LogP) is 2.05. The van der Waals surface area contributed by atoms with Gasteiger partial charge >= 0.3 is 0 Å². The molecule has 4 aliphatic rings. The zero-order valence-electron chi connectivity index (χ0n) is 15.3. The minimum atomic E-state index is -0.288. The molecule has 0 bridgehead atoms. The van der Waals surface area contributed by atoms with Gasteiger partial charge < -0.3 is 9.64 Å². The number of anilines is 1. The number of para-hydroxylation sites is 1. The first-order chi connectivity index (χ1) is 13.8. The highest BCUT2D eigenvalue weighted by atomic mass is 19.2. The number of hydrogen-bond acceptors (Lipinski definition) is 8. The zero-order chi connectivity index (χ0) is 18.8. The quantitative estimate of drug-likeness (QED) is 0.750. The zero-order valence-corrected chi connectivity index (χ0v) is 15.3. The fourth-order valence-electron chi connectivity index (χ4n) is 4.25. The highest BCUT2D eigenvalue weighted by Gasteiger charge is 2.45. The Hall–Kier alpha value is -3.14. The van der Waals surface area contributed by atoms with Crippen LogP contribution < -0.4 is 10.0 Å². The maximum atomic E-state index is 14.2. The minimum absolute atomic E-state index is 0.0779. The van der Waals surface area contributed by atoms with E-state index in [1.54, 1.807) is 29.6 Å². The molecule has 3 aliphatic heterocycles. The number of aliphatic imine (C=N–C) groups is 1. The number of aromatic nitrogens is 3. The summed E-state index contributed by atoms with van der Waals surface area (Å²) in [5.41, 5.74) is 2.83. The van der Waals surface area contributed by atoms with E-state index in [-0.39, 0.29) is 18.9 Å². The molecule has 2 atom stereocenters. The topological polar surface area (TPSA) is 65.3 Å². The van der Waals surface area contributed by atoms with Crippen molar-refractivity contribution < 1.29 is 9.22 Å². The molecule has 1 fully saturated rings. The summed E-state index contributed by atoms with van der Waals surface area (Å²) in [5.74, 6) is 1.17. The summed E-state index contributed by atoms with van der Waals surface area (Å²) in [7, 11) is 1.71. The van der Waals surface area contributed by atoms with Crippen molar-refractivity contribution >= 4 is 12.0 Å². The van der Waals surface area contributed by atoms with E-state index >= 15 is 0 Å². The van der Waals surface area contributed by atoms with Crippen LogP contribution in [0.1, 0.15) is 36.4 Å². The van der Waals surface area contributed by atoms with Crippen LogP contribution in [0.3, 0.4) is 0 Å². The molecular formula is C18H19FN8O. The van der Waals surface area contributed by atoms with Crippen molar-refractivity contribution in [2.75, 3.05) is 23.8 Å². The fourth-order valence-corrected chi connectivity index (χ4v) is 4.25. The van der Waals surface area contributed by atoms with Gasteiger partial charge in [-0.25, -0.2) is 10.0 Å². The Balaban J connectivity index is 1.45. The Labute approximate surface area is 160 Å². The Morgan fingerprint density at radius 3 is 2.93 bits per heavy atom. The van der Waals surface area contributed by atoms with Gasteiger partial charge in [-0.15, -0.1) is 9.89 Å². The molecule has 1 aromatic carbocycles. The highest BCUT2D eigenvalue weighted by molar-refractivity contribution is 5.74. The van der Waals surface area contributed by atoms with Gasteiger partial charge in [0.05, 0.1) is 18.1 Å². The first-order valence-electron chi connectivity index (χ1n) is 9.32. The Bertz CT molecular complexity index is 985. The van der Waals surface area contributed by atoms with Gasteiger partial charge in [-0.05, 0) is 30.0 Å². The molecule has 4 heterocycles. The lowest BCUT2D eigenvalue weighted by molar-refractivity contribution is 0.0738. The third-order valence-corrected chi connectivity index (χ3v) is 5.66.